The first-order valence-corrected chi connectivity index (χ1v) is 8.30. The molecule has 0 aliphatic carbocycles. The van der Waals surface area contributed by atoms with Crippen LogP contribution in [-0.2, 0) is 6.54 Å². The smallest absolute Gasteiger partial charge is 0.123 e. The van der Waals surface area contributed by atoms with E-state index in [9.17, 15) is 4.39 Å². The Kier molecular flexibility index (Phi) is 4.13. The van der Waals surface area contributed by atoms with Gasteiger partial charge in [-0.25, -0.2) is 4.39 Å². The van der Waals surface area contributed by atoms with Crippen LogP contribution in [0.3, 0.4) is 0 Å². The number of nitrogens with zero attached hydrogens (tertiary/aromatic N) is 2. The molecule has 2 atom stereocenters. The standard InChI is InChI=1S/C20H20FN3/c21-17-8-6-15(7-9-17)12-24-13-18(16-4-2-1-3-5-16)19(14-24)20-10-11-22-23-20/h1-11,18-19H,12-14H2,(H,22,23)/t18-,19+/m0/s1. The molecule has 122 valence electrons. The number of benzene rings is 2. The van der Waals surface area contributed by atoms with Crippen LogP contribution >= 0.6 is 0 Å². The van der Waals surface area contributed by atoms with Gasteiger partial charge in [-0.1, -0.05) is 42.5 Å². The van der Waals surface area contributed by atoms with Crippen LogP contribution in [0, 0.1) is 5.82 Å². The van der Waals surface area contributed by atoms with E-state index in [4.69, 9.17) is 0 Å². The van der Waals surface area contributed by atoms with Crippen LogP contribution in [-0.4, -0.2) is 28.2 Å². The molecule has 4 rings (SSSR count). The van der Waals surface area contributed by atoms with Crippen molar-refractivity contribution in [1.29, 1.82) is 0 Å². The molecule has 3 nitrogen and oxygen atoms in total. The summed E-state index contributed by atoms with van der Waals surface area (Å²) in [6.45, 7) is 2.80. The average molecular weight is 321 g/mol. The van der Waals surface area contributed by atoms with Gasteiger partial charge in [0, 0.05) is 43.4 Å². The SMILES string of the molecule is Fc1ccc(CN2C[C@@H](c3ccccc3)[C@H](c3ccn[nH]3)C2)cc1. The number of hydrogen-bond donors (Lipinski definition) is 1. The van der Waals surface area contributed by atoms with Crippen molar-refractivity contribution in [2.24, 2.45) is 0 Å². The van der Waals surface area contributed by atoms with E-state index in [-0.39, 0.29) is 5.82 Å². The topological polar surface area (TPSA) is 31.9 Å². The zero-order chi connectivity index (χ0) is 16.4. The Labute approximate surface area is 141 Å². The summed E-state index contributed by atoms with van der Waals surface area (Å²) in [6.07, 6.45) is 1.82. The molecule has 1 aromatic heterocycles. The summed E-state index contributed by atoms with van der Waals surface area (Å²) in [7, 11) is 0. The molecule has 24 heavy (non-hydrogen) atoms. The van der Waals surface area contributed by atoms with Gasteiger partial charge in [-0.3, -0.25) is 10.00 Å². The van der Waals surface area contributed by atoms with Gasteiger partial charge in [0.1, 0.15) is 5.82 Å². The van der Waals surface area contributed by atoms with Gasteiger partial charge in [0.15, 0.2) is 0 Å². The first-order valence-electron chi connectivity index (χ1n) is 8.30. The number of halogens is 1. The molecule has 0 radical (unpaired) electrons. The molecule has 1 aliphatic heterocycles. The van der Waals surface area contributed by atoms with Gasteiger partial charge in [-0.15, -0.1) is 0 Å². The summed E-state index contributed by atoms with van der Waals surface area (Å²) < 4.78 is 13.1. The Bertz CT molecular complexity index is 768. The Morgan fingerprint density at radius 2 is 1.71 bits per heavy atom. The van der Waals surface area contributed by atoms with Crippen molar-refractivity contribution < 1.29 is 4.39 Å². The maximum Gasteiger partial charge on any atom is 0.123 e. The number of hydrogen-bond acceptors (Lipinski definition) is 2. The first-order chi connectivity index (χ1) is 11.8. The average Bonchev–Trinajstić information content (AvgIpc) is 3.27. The predicted octanol–water partition coefficient (Wildman–Crippen LogP) is 3.93. The monoisotopic (exact) mass is 321 g/mol. The fourth-order valence-electron chi connectivity index (χ4n) is 3.69. The lowest BCUT2D eigenvalue weighted by molar-refractivity contribution is 0.323. The van der Waals surface area contributed by atoms with Gasteiger partial charge in [0.25, 0.3) is 0 Å². The number of rotatable bonds is 4. The van der Waals surface area contributed by atoms with Gasteiger partial charge < -0.3 is 0 Å². The van der Waals surface area contributed by atoms with E-state index in [0.29, 0.717) is 11.8 Å². The highest BCUT2D eigenvalue weighted by Gasteiger charge is 2.35. The first kappa shape index (κ1) is 15.1. The van der Waals surface area contributed by atoms with E-state index in [0.717, 1.165) is 25.2 Å². The predicted molar refractivity (Wildman–Crippen MR) is 92.2 cm³/mol. The quantitative estimate of drug-likeness (QED) is 0.789. The highest BCUT2D eigenvalue weighted by molar-refractivity contribution is 5.28. The van der Waals surface area contributed by atoms with Gasteiger partial charge in [-0.2, -0.15) is 5.10 Å². The van der Waals surface area contributed by atoms with Crippen molar-refractivity contribution in [3.8, 4) is 0 Å². The molecule has 4 heteroatoms. The molecule has 1 N–H and O–H groups in total. The van der Waals surface area contributed by atoms with Gasteiger partial charge in [-0.05, 0) is 29.3 Å². The van der Waals surface area contributed by atoms with Crippen molar-refractivity contribution in [2.45, 2.75) is 18.4 Å². The molecule has 1 aliphatic rings. The lowest BCUT2D eigenvalue weighted by atomic mass is 9.87. The van der Waals surface area contributed by atoms with E-state index in [2.05, 4.69) is 51.5 Å². The van der Waals surface area contributed by atoms with Crippen molar-refractivity contribution >= 4 is 0 Å². The molecule has 1 fully saturated rings. The molecule has 0 amide bonds. The molecule has 1 saturated heterocycles. The number of aromatic amines is 1. The lowest BCUT2D eigenvalue weighted by Crippen LogP contribution is -2.20. The Balaban J connectivity index is 1.57. The van der Waals surface area contributed by atoms with E-state index >= 15 is 0 Å². The summed E-state index contributed by atoms with van der Waals surface area (Å²) in [5.74, 6) is 0.653. The van der Waals surface area contributed by atoms with E-state index in [1.54, 1.807) is 0 Å². The molecule has 0 bridgehead atoms. The Morgan fingerprint density at radius 3 is 2.42 bits per heavy atom. The van der Waals surface area contributed by atoms with Crippen molar-refractivity contribution in [3.05, 3.63) is 89.5 Å². The van der Waals surface area contributed by atoms with Crippen molar-refractivity contribution in [2.75, 3.05) is 13.1 Å². The van der Waals surface area contributed by atoms with Gasteiger partial charge in [0.2, 0.25) is 0 Å². The van der Waals surface area contributed by atoms with Crippen LogP contribution in [0.15, 0.2) is 66.9 Å². The highest BCUT2D eigenvalue weighted by atomic mass is 19.1. The van der Waals surface area contributed by atoms with E-state index < -0.39 is 0 Å². The maximum atomic E-state index is 13.1. The number of aromatic nitrogens is 2. The fourth-order valence-corrected chi connectivity index (χ4v) is 3.69. The maximum absolute atomic E-state index is 13.1. The van der Waals surface area contributed by atoms with Crippen LogP contribution in [0.25, 0.3) is 0 Å². The second-order valence-corrected chi connectivity index (χ2v) is 6.46. The minimum Gasteiger partial charge on any atom is -0.298 e. The Hall–Kier alpha value is -2.46. The van der Waals surface area contributed by atoms with Crippen LogP contribution in [0.2, 0.25) is 0 Å². The van der Waals surface area contributed by atoms with E-state index in [1.807, 2.05) is 18.3 Å². The zero-order valence-electron chi connectivity index (χ0n) is 13.4. The normalized spacial score (nSPS) is 21.2. The molecular formula is C20H20FN3. The number of H-pyrrole nitrogens is 1. The third kappa shape index (κ3) is 3.10. The van der Waals surface area contributed by atoms with Gasteiger partial charge in [0.05, 0.1) is 0 Å². The Morgan fingerprint density at radius 1 is 0.958 bits per heavy atom. The third-order valence-corrected chi connectivity index (χ3v) is 4.86. The number of nitrogens with one attached hydrogen (secondary N) is 1. The van der Waals surface area contributed by atoms with Gasteiger partial charge >= 0.3 is 0 Å². The molecule has 0 unspecified atom stereocenters. The minimum atomic E-state index is -0.183. The lowest BCUT2D eigenvalue weighted by Gasteiger charge is -2.17. The number of likely N-dealkylation sites (tertiary alicyclic amines) is 1. The van der Waals surface area contributed by atoms with Crippen LogP contribution in [0.5, 0.6) is 0 Å². The fraction of sp³-hybridized carbons (Fsp3) is 0.250. The van der Waals surface area contributed by atoms with Crippen LogP contribution in [0.1, 0.15) is 28.7 Å². The van der Waals surface area contributed by atoms with Crippen molar-refractivity contribution in [1.82, 2.24) is 15.1 Å². The molecule has 2 heterocycles. The summed E-state index contributed by atoms with van der Waals surface area (Å²) in [6, 6.07) is 19.5. The summed E-state index contributed by atoms with van der Waals surface area (Å²) in [4.78, 5) is 2.44. The summed E-state index contributed by atoms with van der Waals surface area (Å²) >= 11 is 0. The minimum absolute atomic E-state index is 0.183. The molecular weight excluding hydrogens is 301 g/mol. The van der Waals surface area contributed by atoms with Crippen molar-refractivity contribution in [3.63, 3.8) is 0 Å². The third-order valence-electron chi connectivity index (χ3n) is 4.86. The second-order valence-electron chi connectivity index (χ2n) is 6.46. The summed E-state index contributed by atoms with van der Waals surface area (Å²) in [5.41, 5.74) is 3.69. The van der Waals surface area contributed by atoms with E-state index in [1.165, 1.54) is 23.4 Å². The zero-order valence-corrected chi connectivity index (χ0v) is 13.4. The highest BCUT2D eigenvalue weighted by Crippen LogP contribution is 2.39. The summed E-state index contributed by atoms with van der Waals surface area (Å²) in [5, 5.41) is 7.27. The van der Waals surface area contributed by atoms with Crippen LogP contribution < -0.4 is 0 Å². The molecule has 0 spiro atoms. The second kappa shape index (κ2) is 6.57. The largest absolute Gasteiger partial charge is 0.298 e. The molecule has 2 aromatic carbocycles. The van der Waals surface area contributed by atoms with Crippen LogP contribution in [0.4, 0.5) is 4.39 Å². The molecule has 0 saturated carbocycles. The molecule has 3 aromatic rings.